The first kappa shape index (κ1) is 19.1. The zero-order valence-electron chi connectivity index (χ0n) is 15.9. The summed E-state index contributed by atoms with van der Waals surface area (Å²) in [5.41, 5.74) is 0.347. The number of hydrogen-bond acceptors (Lipinski definition) is 5. The van der Waals surface area contributed by atoms with Crippen molar-refractivity contribution in [1.82, 2.24) is 24.0 Å². The first-order valence-electron chi connectivity index (χ1n) is 9.96. The van der Waals surface area contributed by atoms with Gasteiger partial charge in [0, 0.05) is 45.2 Å². The standard InChI is InChI=1S/C18H24F2N6O2S/c19-18(20)9-13(10-18)1-6-24-29(27,28)26-8-7-25(11-17(26)3-4-17)16-14-2-5-21-15(14)22-12-23-16/h2,5,12-13,24H,1,3-4,6-11H2,(H,21,22,23). The predicted octanol–water partition coefficient (Wildman–Crippen LogP) is 1.88. The third-order valence-corrected chi connectivity index (χ3v) is 8.07. The molecule has 3 fully saturated rings. The second-order valence-electron chi connectivity index (χ2n) is 8.47. The molecule has 1 aliphatic heterocycles. The molecule has 2 aliphatic carbocycles. The summed E-state index contributed by atoms with van der Waals surface area (Å²) in [7, 11) is -3.64. The maximum absolute atomic E-state index is 12.9. The Bertz CT molecular complexity index is 1010. The van der Waals surface area contributed by atoms with E-state index in [0.29, 0.717) is 26.1 Å². The molecular formula is C18H24F2N6O2S. The lowest BCUT2D eigenvalue weighted by atomic mass is 9.79. The summed E-state index contributed by atoms with van der Waals surface area (Å²) in [5, 5.41) is 0.926. The van der Waals surface area contributed by atoms with Gasteiger partial charge in [0.2, 0.25) is 5.92 Å². The van der Waals surface area contributed by atoms with Crippen LogP contribution >= 0.6 is 0 Å². The number of alkyl halides is 2. The number of nitrogens with one attached hydrogen (secondary N) is 2. The molecule has 1 spiro atoms. The molecule has 2 aromatic rings. The van der Waals surface area contributed by atoms with E-state index in [2.05, 4.69) is 24.6 Å². The number of rotatable bonds is 6. The van der Waals surface area contributed by atoms with Crippen molar-refractivity contribution in [3.05, 3.63) is 18.6 Å². The zero-order valence-corrected chi connectivity index (χ0v) is 16.8. The maximum Gasteiger partial charge on any atom is 0.280 e. The SMILES string of the molecule is O=S(=O)(NCCC1CC(F)(F)C1)N1CCN(c2ncnc3[nH]ccc23)CC12CC2. The molecule has 2 aromatic heterocycles. The number of fused-ring (bicyclic) bond motifs is 1. The molecule has 2 saturated carbocycles. The van der Waals surface area contributed by atoms with Crippen LogP contribution in [0.3, 0.4) is 0 Å². The van der Waals surface area contributed by atoms with Gasteiger partial charge in [-0.3, -0.25) is 0 Å². The molecule has 0 radical (unpaired) electrons. The summed E-state index contributed by atoms with van der Waals surface area (Å²) in [6.07, 6.45) is 5.13. The number of H-pyrrole nitrogens is 1. The fourth-order valence-corrected chi connectivity index (χ4v) is 6.24. The highest BCUT2D eigenvalue weighted by Crippen LogP contribution is 2.47. The maximum atomic E-state index is 12.9. The fourth-order valence-electron chi connectivity index (χ4n) is 4.64. The van der Waals surface area contributed by atoms with Crippen LogP contribution in [-0.4, -0.2) is 65.3 Å². The average Bonchev–Trinajstić information content (AvgIpc) is 3.22. The molecule has 0 unspecified atom stereocenters. The Morgan fingerprint density at radius 3 is 2.76 bits per heavy atom. The van der Waals surface area contributed by atoms with Crippen LogP contribution < -0.4 is 9.62 Å². The van der Waals surface area contributed by atoms with Crippen LogP contribution in [0.2, 0.25) is 0 Å². The van der Waals surface area contributed by atoms with Crippen LogP contribution in [0.25, 0.3) is 11.0 Å². The molecule has 1 saturated heterocycles. The molecule has 29 heavy (non-hydrogen) atoms. The van der Waals surface area contributed by atoms with Crippen LogP contribution in [-0.2, 0) is 10.2 Å². The lowest BCUT2D eigenvalue weighted by molar-refractivity contribution is -0.111. The van der Waals surface area contributed by atoms with Crippen LogP contribution in [0.1, 0.15) is 32.1 Å². The lowest BCUT2D eigenvalue weighted by Crippen LogP contribution is -2.59. The second kappa shape index (κ2) is 6.58. The van der Waals surface area contributed by atoms with Gasteiger partial charge in [-0.05, 0) is 31.2 Å². The van der Waals surface area contributed by atoms with Gasteiger partial charge in [-0.25, -0.2) is 23.5 Å². The van der Waals surface area contributed by atoms with Gasteiger partial charge in [0.25, 0.3) is 10.2 Å². The van der Waals surface area contributed by atoms with Gasteiger partial charge in [-0.1, -0.05) is 0 Å². The monoisotopic (exact) mass is 426 g/mol. The molecule has 0 bridgehead atoms. The topological polar surface area (TPSA) is 94.2 Å². The van der Waals surface area contributed by atoms with Gasteiger partial charge in [-0.15, -0.1) is 0 Å². The Kier molecular flexibility index (Phi) is 4.34. The van der Waals surface area contributed by atoms with Crippen molar-refractivity contribution < 1.29 is 17.2 Å². The number of anilines is 1. The molecule has 0 amide bonds. The number of piperazine rings is 1. The van der Waals surface area contributed by atoms with Gasteiger partial charge in [-0.2, -0.15) is 12.7 Å². The summed E-state index contributed by atoms with van der Waals surface area (Å²) in [5.74, 6) is -1.84. The van der Waals surface area contributed by atoms with E-state index in [-0.39, 0.29) is 25.3 Å². The molecule has 8 nitrogen and oxygen atoms in total. The lowest BCUT2D eigenvalue weighted by Gasteiger charge is -2.41. The normalized spacial score (nSPS) is 24.1. The highest BCUT2D eigenvalue weighted by atomic mass is 32.2. The second-order valence-corrected chi connectivity index (χ2v) is 10.2. The van der Waals surface area contributed by atoms with Gasteiger partial charge < -0.3 is 9.88 Å². The third-order valence-electron chi connectivity index (χ3n) is 6.35. The van der Waals surface area contributed by atoms with Crippen molar-refractivity contribution >= 4 is 27.1 Å². The number of nitrogens with zero attached hydrogens (tertiary/aromatic N) is 4. The number of hydrogen-bond donors (Lipinski definition) is 2. The summed E-state index contributed by atoms with van der Waals surface area (Å²) >= 11 is 0. The van der Waals surface area contributed by atoms with Crippen LogP contribution in [0.15, 0.2) is 18.6 Å². The Morgan fingerprint density at radius 1 is 1.24 bits per heavy atom. The Balaban J connectivity index is 1.24. The Morgan fingerprint density at radius 2 is 2.03 bits per heavy atom. The molecule has 11 heteroatoms. The minimum absolute atomic E-state index is 0.0963. The highest BCUT2D eigenvalue weighted by Gasteiger charge is 2.56. The summed E-state index contributed by atoms with van der Waals surface area (Å²) in [6, 6.07) is 1.93. The van der Waals surface area contributed by atoms with Crippen LogP contribution in [0.4, 0.5) is 14.6 Å². The van der Waals surface area contributed by atoms with Gasteiger partial charge in [0.1, 0.15) is 17.8 Å². The van der Waals surface area contributed by atoms with E-state index in [1.54, 1.807) is 4.31 Å². The van der Waals surface area contributed by atoms with E-state index in [1.165, 1.54) is 6.33 Å². The zero-order chi connectivity index (χ0) is 20.3. The van der Waals surface area contributed by atoms with Crippen molar-refractivity contribution in [3.8, 4) is 0 Å². The van der Waals surface area contributed by atoms with Crippen LogP contribution in [0, 0.1) is 5.92 Å². The van der Waals surface area contributed by atoms with E-state index >= 15 is 0 Å². The molecular weight excluding hydrogens is 402 g/mol. The van der Waals surface area contributed by atoms with Gasteiger partial charge in [0.15, 0.2) is 0 Å². The van der Waals surface area contributed by atoms with E-state index < -0.39 is 21.7 Å². The number of aromatic nitrogens is 3. The number of aromatic amines is 1. The van der Waals surface area contributed by atoms with Crippen molar-refractivity contribution in [3.63, 3.8) is 0 Å². The molecule has 5 rings (SSSR count). The van der Waals surface area contributed by atoms with Gasteiger partial charge in [0.05, 0.1) is 10.9 Å². The first-order chi connectivity index (χ1) is 13.8. The molecule has 3 aliphatic rings. The van der Waals surface area contributed by atoms with E-state index in [4.69, 9.17) is 0 Å². The third kappa shape index (κ3) is 3.49. The average molecular weight is 426 g/mol. The minimum Gasteiger partial charge on any atom is -0.353 e. The quantitative estimate of drug-likeness (QED) is 0.736. The highest BCUT2D eigenvalue weighted by molar-refractivity contribution is 7.87. The fraction of sp³-hybridized carbons (Fsp3) is 0.667. The summed E-state index contributed by atoms with van der Waals surface area (Å²) in [4.78, 5) is 13.9. The van der Waals surface area contributed by atoms with Crippen molar-refractivity contribution in [1.29, 1.82) is 0 Å². The first-order valence-corrected chi connectivity index (χ1v) is 11.4. The largest absolute Gasteiger partial charge is 0.353 e. The molecule has 2 N–H and O–H groups in total. The molecule has 158 valence electrons. The molecule has 0 aromatic carbocycles. The van der Waals surface area contributed by atoms with Crippen LogP contribution in [0.5, 0.6) is 0 Å². The summed E-state index contributed by atoms with van der Waals surface area (Å²) in [6.45, 7) is 1.69. The summed E-state index contributed by atoms with van der Waals surface area (Å²) < 4.78 is 55.9. The smallest absolute Gasteiger partial charge is 0.280 e. The van der Waals surface area contributed by atoms with E-state index in [1.807, 2.05) is 12.3 Å². The molecule has 0 atom stereocenters. The van der Waals surface area contributed by atoms with Crippen molar-refractivity contribution in [2.24, 2.45) is 5.92 Å². The predicted molar refractivity (Wildman–Crippen MR) is 104 cm³/mol. The van der Waals surface area contributed by atoms with Crippen molar-refractivity contribution in [2.75, 3.05) is 31.1 Å². The van der Waals surface area contributed by atoms with E-state index in [9.17, 15) is 17.2 Å². The molecule has 3 heterocycles. The Hall–Kier alpha value is -1.85. The minimum atomic E-state index is -3.64. The van der Waals surface area contributed by atoms with Crippen molar-refractivity contribution in [2.45, 2.75) is 43.6 Å². The Labute approximate surface area is 167 Å². The van der Waals surface area contributed by atoms with E-state index in [0.717, 1.165) is 29.7 Å². The van der Waals surface area contributed by atoms with Gasteiger partial charge >= 0.3 is 0 Å². The number of halogens is 2.